The van der Waals surface area contributed by atoms with Crippen molar-refractivity contribution >= 4 is 21.9 Å². The Kier molecular flexibility index (Phi) is 6.55. The van der Waals surface area contributed by atoms with Gasteiger partial charge in [-0.2, -0.15) is 4.31 Å². The summed E-state index contributed by atoms with van der Waals surface area (Å²) in [6.45, 7) is 1.59. The Hall–Kier alpha value is -2.75. The van der Waals surface area contributed by atoms with Crippen molar-refractivity contribution in [1.82, 2.24) is 9.62 Å². The van der Waals surface area contributed by atoms with Crippen LogP contribution in [0.5, 0.6) is 0 Å². The van der Waals surface area contributed by atoms with Gasteiger partial charge in [-0.1, -0.05) is 48.0 Å². The fraction of sp³-hybridized carbons (Fsp3) is 0.333. The molecule has 3 atom stereocenters. The van der Waals surface area contributed by atoms with E-state index in [1.54, 1.807) is 42.5 Å². The molecule has 0 aromatic heterocycles. The predicted octanol–water partition coefficient (Wildman–Crippen LogP) is 0.931. The van der Waals surface area contributed by atoms with Crippen LogP contribution in [0.4, 0.5) is 0 Å². The Labute approximate surface area is 175 Å². The Bertz CT molecular complexity index is 1010. The van der Waals surface area contributed by atoms with Crippen molar-refractivity contribution in [3.8, 4) is 0 Å². The van der Waals surface area contributed by atoms with Gasteiger partial charge in [0.15, 0.2) is 0 Å². The summed E-state index contributed by atoms with van der Waals surface area (Å²) in [5.41, 5.74) is 1.61. The number of carbonyl (C=O) groups is 2. The number of hydrogen-bond donors (Lipinski definition) is 3. The molecule has 8 nitrogen and oxygen atoms in total. The number of benzene rings is 2. The standard InChI is InChI=1S/C21H24N2O6S/c1-14-7-9-17(10-8-14)30(28,29)23-13-16(24)12-19(23)20(25)22-18(21(26)27)11-15-5-3-2-4-6-15/h2-10,16,18-19,24H,11-13H2,1H3,(H,22,25)(H,26,27)/t16-,18+,19+/m1/s1. The quantitative estimate of drug-likeness (QED) is 0.598. The van der Waals surface area contributed by atoms with Crippen LogP contribution in [0.2, 0.25) is 0 Å². The molecule has 0 unspecified atom stereocenters. The highest BCUT2D eigenvalue weighted by Gasteiger charge is 2.44. The van der Waals surface area contributed by atoms with Crippen LogP contribution in [0.25, 0.3) is 0 Å². The minimum absolute atomic E-state index is 0.0130. The number of amides is 1. The lowest BCUT2D eigenvalue weighted by atomic mass is 10.1. The second-order valence-electron chi connectivity index (χ2n) is 7.38. The first-order valence-corrected chi connectivity index (χ1v) is 11.0. The van der Waals surface area contributed by atoms with E-state index in [1.807, 2.05) is 6.92 Å². The molecule has 160 valence electrons. The van der Waals surface area contributed by atoms with Crippen LogP contribution in [-0.4, -0.2) is 59.5 Å². The van der Waals surface area contributed by atoms with Gasteiger partial charge in [-0.05, 0) is 24.6 Å². The molecule has 2 aromatic carbocycles. The molecule has 0 bridgehead atoms. The average molecular weight is 432 g/mol. The first kappa shape index (κ1) is 21.9. The lowest BCUT2D eigenvalue weighted by Crippen LogP contribution is -2.51. The molecule has 1 heterocycles. The van der Waals surface area contributed by atoms with Crippen LogP contribution >= 0.6 is 0 Å². The largest absolute Gasteiger partial charge is 0.480 e. The SMILES string of the molecule is Cc1ccc(S(=O)(=O)N2C[C@H](O)C[C@H]2C(=O)N[C@@H](Cc2ccccc2)C(=O)O)cc1. The Balaban J connectivity index is 1.80. The lowest BCUT2D eigenvalue weighted by Gasteiger charge is -2.25. The Morgan fingerprint density at radius 2 is 1.77 bits per heavy atom. The van der Waals surface area contributed by atoms with Crippen LogP contribution in [0.3, 0.4) is 0 Å². The molecule has 0 saturated carbocycles. The molecule has 0 spiro atoms. The molecule has 3 N–H and O–H groups in total. The first-order chi connectivity index (χ1) is 14.2. The maximum Gasteiger partial charge on any atom is 0.326 e. The fourth-order valence-electron chi connectivity index (χ4n) is 3.45. The summed E-state index contributed by atoms with van der Waals surface area (Å²) >= 11 is 0. The zero-order valence-corrected chi connectivity index (χ0v) is 17.2. The highest BCUT2D eigenvalue weighted by molar-refractivity contribution is 7.89. The third kappa shape index (κ3) is 4.86. The molecular weight excluding hydrogens is 408 g/mol. The minimum atomic E-state index is -4.03. The molecule has 1 aliphatic rings. The van der Waals surface area contributed by atoms with Gasteiger partial charge in [-0.3, -0.25) is 4.79 Å². The molecule has 0 radical (unpaired) electrons. The molecular formula is C21H24N2O6S. The van der Waals surface area contributed by atoms with Gasteiger partial charge in [0.2, 0.25) is 15.9 Å². The molecule has 1 fully saturated rings. The van der Waals surface area contributed by atoms with Crippen molar-refractivity contribution in [3.05, 3.63) is 65.7 Å². The van der Waals surface area contributed by atoms with Gasteiger partial charge in [0.05, 0.1) is 11.0 Å². The van der Waals surface area contributed by atoms with Gasteiger partial charge in [0.25, 0.3) is 0 Å². The summed E-state index contributed by atoms with van der Waals surface area (Å²) in [5.74, 6) is -1.97. The van der Waals surface area contributed by atoms with Crippen molar-refractivity contribution in [2.75, 3.05) is 6.54 Å². The number of aliphatic hydroxyl groups is 1. The number of β-amino-alcohol motifs (C(OH)–C–C–N with tert-alkyl or cyclic N) is 1. The highest BCUT2D eigenvalue weighted by Crippen LogP contribution is 2.27. The number of aryl methyl sites for hydroxylation is 1. The van der Waals surface area contributed by atoms with E-state index < -0.39 is 40.1 Å². The van der Waals surface area contributed by atoms with Crippen LogP contribution in [0.1, 0.15) is 17.5 Å². The number of hydrogen-bond acceptors (Lipinski definition) is 5. The molecule has 9 heteroatoms. The molecule has 0 aliphatic carbocycles. The zero-order chi connectivity index (χ0) is 21.9. The maximum absolute atomic E-state index is 13.0. The van der Waals surface area contributed by atoms with Crippen LogP contribution in [0, 0.1) is 6.92 Å². The minimum Gasteiger partial charge on any atom is -0.480 e. The number of sulfonamides is 1. The van der Waals surface area contributed by atoms with E-state index in [1.165, 1.54) is 12.1 Å². The molecule has 3 rings (SSSR count). The van der Waals surface area contributed by atoms with Crippen LogP contribution in [0.15, 0.2) is 59.5 Å². The number of aliphatic carboxylic acids is 1. The number of carboxylic acid groups (broad SMARTS) is 1. The second-order valence-corrected chi connectivity index (χ2v) is 9.27. The summed E-state index contributed by atoms with van der Waals surface area (Å²) in [7, 11) is -4.03. The van der Waals surface area contributed by atoms with E-state index in [9.17, 15) is 28.2 Å². The number of carboxylic acids is 1. The van der Waals surface area contributed by atoms with Crippen molar-refractivity contribution < 1.29 is 28.2 Å². The monoisotopic (exact) mass is 432 g/mol. The van der Waals surface area contributed by atoms with E-state index in [2.05, 4.69) is 5.32 Å². The highest BCUT2D eigenvalue weighted by atomic mass is 32.2. The van der Waals surface area contributed by atoms with E-state index in [0.717, 1.165) is 15.4 Å². The zero-order valence-electron chi connectivity index (χ0n) is 16.4. The van der Waals surface area contributed by atoms with Crippen molar-refractivity contribution in [2.24, 2.45) is 0 Å². The van der Waals surface area contributed by atoms with E-state index >= 15 is 0 Å². The molecule has 1 amide bonds. The molecule has 1 aliphatic heterocycles. The van der Waals surface area contributed by atoms with E-state index in [4.69, 9.17) is 0 Å². The molecule has 1 saturated heterocycles. The Morgan fingerprint density at radius 1 is 1.13 bits per heavy atom. The molecule has 2 aromatic rings. The van der Waals surface area contributed by atoms with Crippen molar-refractivity contribution in [2.45, 2.75) is 42.8 Å². The normalized spacial score (nSPS) is 20.6. The van der Waals surface area contributed by atoms with Crippen molar-refractivity contribution in [1.29, 1.82) is 0 Å². The maximum atomic E-state index is 13.0. The van der Waals surface area contributed by atoms with Crippen LogP contribution < -0.4 is 5.32 Å². The van der Waals surface area contributed by atoms with Crippen LogP contribution in [-0.2, 0) is 26.0 Å². The Morgan fingerprint density at radius 3 is 2.37 bits per heavy atom. The topological polar surface area (TPSA) is 124 Å². The summed E-state index contributed by atoms with van der Waals surface area (Å²) < 4.78 is 27.0. The summed E-state index contributed by atoms with van der Waals surface area (Å²) in [6, 6.07) is 12.6. The average Bonchev–Trinajstić information content (AvgIpc) is 3.11. The smallest absolute Gasteiger partial charge is 0.326 e. The van der Waals surface area contributed by atoms with E-state index in [-0.39, 0.29) is 24.3 Å². The third-order valence-electron chi connectivity index (χ3n) is 5.06. The third-order valence-corrected chi connectivity index (χ3v) is 6.95. The van der Waals surface area contributed by atoms with Gasteiger partial charge in [0, 0.05) is 19.4 Å². The van der Waals surface area contributed by atoms with Gasteiger partial charge >= 0.3 is 5.97 Å². The summed E-state index contributed by atoms with van der Waals surface area (Å²) in [6.07, 6.45) is -1.06. The number of nitrogens with one attached hydrogen (secondary N) is 1. The lowest BCUT2D eigenvalue weighted by molar-refractivity contribution is -0.142. The van der Waals surface area contributed by atoms with Gasteiger partial charge in [0.1, 0.15) is 12.1 Å². The van der Waals surface area contributed by atoms with Gasteiger partial charge < -0.3 is 15.5 Å². The number of nitrogens with zero attached hydrogens (tertiary/aromatic N) is 1. The van der Waals surface area contributed by atoms with E-state index in [0.29, 0.717) is 0 Å². The predicted molar refractivity (Wildman–Crippen MR) is 109 cm³/mol. The van der Waals surface area contributed by atoms with Crippen molar-refractivity contribution in [3.63, 3.8) is 0 Å². The fourth-order valence-corrected chi connectivity index (χ4v) is 5.09. The first-order valence-electron chi connectivity index (χ1n) is 9.52. The van der Waals surface area contributed by atoms with Gasteiger partial charge in [-0.25, -0.2) is 13.2 Å². The number of aliphatic hydroxyl groups excluding tert-OH is 1. The second kappa shape index (κ2) is 8.95. The number of rotatable bonds is 7. The summed E-state index contributed by atoms with van der Waals surface area (Å²) in [5, 5.41) is 22.0. The summed E-state index contributed by atoms with van der Waals surface area (Å²) in [4.78, 5) is 24.5. The van der Waals surface area contributed by atoms with Gasteiger partial charge in [-0.15, -0.1) is 0 Å². The number of carbonyl (C=O) groups excluding carboxylic acids is 1. The molecule has 30 heavy (non-hydrogen) atoms.